The van der Waals surface area contributed by atoms with Crippen LogP contribution in [0, 0.1) is 5.92 Å². The number of hydrogen-bond acceptors (Lipinski definition) is 7. The van der Waals surface area contributed by atoms with Crippen LogP contribution in [0.4, 0.5) is 9.59 Å². The number of carbonyl (C=O) groups is 5. The summed E-state index contributed by atoms with van der Waals surface area (Å²) in [7, 11) is 0. The van der Waals surface area contributed by atoms with Gasteiger partial charge in [-0.05, 0) is 37.3 Å². The Hall–Kier alpha value is -4.41. The van der Waals surface area contributed by atoms with Crippen molar-refractivity contribution in [2.45, 2.75) is 71.4 Å². The van der Waals surface area contributed by atoms with Crippen LogP contribution in [0.3, 0.4) is 0 Å². The van der Waals surface area contributed by atoms with Crippen molar-refractivity contribution in [3.63, 3.8) is 0 Å². The summed E-state index contributed by atoms with van der Waals surface area (Å²) >= 11 is 0. The molecule has 0 bridgehead atoms. The van der Waals surface area contributed by atoms with E-state index in [1.165, 1.54) is 0 Å². The molecule has 4 amide bonds. The van der Waals surface area contributed by atoms with Crippen molar-refractivity contribution in [3.05, 3.63) is 71.8 Å². The zero-order chi connectivity index (χ0) is 30.2. The molecule has 0 aliphatic carbocycles. The van der Waals surface area contributed by atoms with E-state index in [0.29, 0.717) is 12.7 Å². The molecule has 3 atom stereocenters. The summed E-state index contributed by atoms with van der Waals surface area (Å²) in [5, 5.41) is 10.3. The maximum absolute atomic E-state index is 13.4. The highest BCUT2D eigenvalue weighted by Crippen LogP contribution is 2.09. The lowest BCUT2D eigenvalue weighted by Crippen LogP contribution is -2.57. The monoisotopic (exact) mass is 568 g/mol. The third kappa shape index (κ3) is 13.0. The molecule has 0 unspecified atom stereocenters. The maximum Gasteiger partial charge on any atom is 0.408 e. The molecule has 0 fully saturated rings. The highest BCUT2D eigenvalue weighted by Gasteiger charge is 2.29. The van der Waals surface area contributed by atoms with E-state index in [0.717, 1.165) is 11.1 Å². The van der Waals surface area contributed by atoms with Gasteiger partial charge in [-0.1, -0.05) is 74.5 Å². The quantitative estimate of drug-likeness (QED) is 0.241. The van der Waals surface area contributed by atoms with Gasteiger partial charge < -0.3 is 35.5 Å². The predicted molar refractivity (Wildman–Crippen MR) is 153 cm³/mol. The van der Waals surface area contributed by atoms with Crippen LogP contribution in [-0.4, -0.2) is 61.1 Å². The van der Waals surface area contributed by atoms with E-state index < -0.39 is 42.1 Å². The number of ether oxygens (including phenoxy) is 2. The SMILES string of the molecule is CC(C)C[C@H](NC(=O)OCc1ccccc1)C(=O)N[C@@H](Cc1ccccc1)C(=O)N[C@H](C=O)CNC(=O)OC(C)C. The molecule has 0 radical (unpaired) electrons. The Labute approximate surface area is 240 Å². The average molecular weight is 569 g/mol. The first kappa shape index (κ1) is 32.8. The molecule has 222 valence electrons. The molecular weight excluding hydrogens is 528 g/mol. The number of carbonyl (C=O) groups excluding carboxylic acids is 5. The second-order valence-electron chi connectivity index (χ2n) is 10.2. The topological polar surface area (TPSA) is 152 Å². The van der Waals surface area contributed by atoms with Crippen LogP contribution in [0.2, 0.25) is 0 Å². The highest BCUT2D eigenvalue weighted by molar-refractivity contribution is 5.92. The van der Waals surface area contributed by atoms with Gasteiger partial charge in [-0.3, -0.25) is 9.59 Å². The van der Waals surface area contributed by atoms with Crippen LogP contribution in [-0.2, 0) is 36.9 Å². The van der Waals surface area contributed by atoms with Gasteiger partial charge in [0, 0.05) is 13.0 Å². The Morgan fingerprint density at radius 2 is 1.34 bits per heavy atom. The van der Waals surface area contributed by atoms with Crippen LogP contribution in [0.15, 0.2) is 60.7 Å². The predicted octanol–water partition coefficient (Wildman–Crippen LogP) is 2.87. The number of hydrogen-bond donors (Lipinski definition) is 4. The van der Waals surface area contributed by atoms with E-state index in [1.54, 1.807) is 38.1 Å². The fraction of sp³-hybridized carbons (Fsp3) is 0.433. The van der Waals surface area contributed by atoms with Crippen LogP contribution in [0.5, 0.6) is 0 Å². The minimum atomic E-state index is -1.08. The summed E-state index contributed by atoms with van der Waals surface area (Å²) in [6, 6.07) is 15.1. The number of alkyl carbamates (subject to hydrolysis) is 2. The second kappa shape index (κ2) is 17.3. The van der Waals surface area contributed by atoms with Gasteiger partial charge in [-0.2, -0.15) is 0 Å². The largest absolute Gasteiger partial charge is 0.447 e. The van der Waals surface area contributed by atoms with Gasteiger partial charge in [-0.15, -0.1) is 0 Å². The van der Waals surface area contributed by atoms with E-state index in [2.05, 4.69) is 21.3 Å². The summed E-state index contributed by atoms with van der Waals surface area (Å²) < 4.78 is 10.3. The summed E-state index contributed by atoms with van der Waals surface area (Å²) in [4.78, 5) is 62.6. The van der Waals surface area contributed by atoms with Crippen LogP contribution < -0.4 is 21.3 Å². The van der Waals surface area contributed by atoms with Gasteiger partial charge in [0.15, 0.2) is 0 Å². The van der Waals surface area contributed by atoms with Crippen molar-refractivity contribution in [1.82, 2.24) is 21.3 Å². The molecule has 0 aliphatic rings. The average Bonchev–Trinajstić information content (AvgIpc) is 2.93. The minimum Gasteiger partial charge on any atom is -0.447 e. The highest BCUT2D eigenvalue weighted by atomic mass is 16.6. The lowest BCUT2D eigenvalue weighted by Gasteiger charge is -2.25. The van der Waals surface area contributed by atoms with Crippen molar-refractivity contribution < 1.29 is 33.4 Å². The van der Waals surface area contributed by atoms with Gasteiger partial charge in [0.2, 0.25) is 11.8 Å². The molecule has 2 aromatic rings. The molecule has 2 aromatic carbocycles. The molecule has 0 saturated heterocycles. The standard InChI is InChI=1S/C30H40N4O7/c1-20(2)15-25(34-30(39)40-19-23-13-9-6-10-14-23)28(37)33-26(16-22-11-7-5-8-12-22)27(36)32-24(18-35)17-31-29(38)41-21(3)4/h5-14,18,20-21,24-26H,15-17,19H2,1-4H3,(H,31,38)(H,32,36)(H,33,37)(H,34,39)/t24-,25-,26-/m0/s1. The molecule has 0 spiro atoms. The molecule has 11 nitrogen and oxygen atoms in total. The molecule has 0 saturated carbocycles. The molecule has 2 rings (SSSR count). The van der Waals surface area contributed by atoms with Crippen molar-refractivity contribution in [3.8, 4) is 0 Å². The number of nitrogens with one attached hydrogen (secondary N) is 4. The first-order valence-electron chi connectivity index (χ1n) is 13.6. The van der Waals surface area contributed by atoms with E-state index >= 15 is 0 Å². The lowest BCUT2D eigenvalue weighted by molar-refractivity contribution is -0.131. The van der Waals surface area contributed by atoms with Gasteiger partial charge in [-0.25, -0.2) is 9.59 Å². The van der Waals surface area contributed by atoms with Gasteiger partial charge in [0.05, 0.1) is 6.10 Å². The minimum absolute atomic E-state index is 0.0353. The van der Waals surface area contributed by atoms with Gasteiger partial charge >= 0.3 is 12.2 Å². The molecule has 4 N–H and O–H groups in total. The van der Waals surface area contributed by atoms with E-state index in [4.69, 9.17) is 9.47 Å². The van der Waals surface area contributed by atoms with E-state index in [1.807, 2.05) is 50.2 Å². The van der Waals surface area contributed by atoms with Crippen molar-refractivity contribution >= 4 is 30.3 Å². The molecule has 0 heterocycles. The zero-order valence-electron chi connectivity index (χ0n) is 23.9. The maximum atomic E-state index is 13.4. The Morgan fingerprint density at radius 1 is 0.756 bits per heavy atom. The molecule has 0 aliphatic heterocycles. The summed E-state index contributed by atoms with van der Waals surface area (Å²) in [5.74, 6) is -1.17. The van der Waals surface area contributed by atoms with Crippen molar-refractivity contribution in [2.75, 3.05) is 6.54 Å². The number of benzene rings is 2. The number of rotatable bonds is 15. The Morgan fingerprint density at radius 3 is 1.90 bits per heavy atom. The second-order valence-corrected chi connectivity index (χ2v) is 10.2. The molecule has 41 heavy (non-hydrogen) atoms. The molecule has 11 heteroatoms. The number of aldehydes is 1. The first-order chi connectivity index (χ1) is 19.6. The van der Waals surface area contributed by atoms with Crippen LogP contribution in [0.1, 0.15) is 45.2 Å². The van der Waals surface area contributed by atoms with Gasteiger partial charge in [0.1, 0.15) is 31.0 Å². The molecule has 0 aromatic heterocycles. The van der Waals surface area contributed by atoms with Crippen LogP contribution >= 0.6 is 0 Å². The molecular formula is C30H40N4O7. The third-order valence-electron chi connectivity index (χ3n) is 5.75. The lowest BCUT2D eigenvalue weighted by atomic mass is 10.0. The Kier molecular flexibility index (Phi) is 13.9. The zero-order valence-corrected chi connectivity index (χ0v) is 23.9. The van der Waals surface area contributed by atoms with Crippen molar-refractivity contribution in [2.24, 2.45) is 5.92 Å². The first-order valence-corrected chi connectivity index (χ1v) is 13.6. The summed E-state index contributed by atoms with van der Waals surface area (Å²) in [6.07, 6.45) is -0.936. The smallest absolute Gasteiger partial charge is 0.408 e. The normalized spacial score (nSPS) is 12.9. The van der Waals surface area contributed by atoms with Crippen LogP contribution in [0.25, 0.3) is 0 Å². The Balaban J connectivity index is 2.11. The Bertz CT molecular complexity index is 1130. The fourth-order valence-electron chi connectivity index (χ4n) is 3.81. The van der Waals surface area contributed by atoms with E-state index in [9.17, 15) is 24.0 Å². The fourth-order valence-corrected chi connectivity index (χ4v) is 3.81. The number of amides is 4. The van der Waals surface area contributed by atoms with Crippen molar-refractivity contribution in [1.29, 1.82) is 0 Å². The summed E-state index contributed by atoms with van der Waals surface area (Å²) in [5.41, 5.74) is 1.56. The van der Waals surface area contributed by atoms with Gasteiger partial charge in [0.25, 0.3) is 0 Å². The van der Waals surface area contributed by atoms with E-state index in [-0.39, 0.29) is 31.6 Å². The summed E-state index contributed by atoms with van der Waals surface area (Å²) in [6.45, 7) is 7.00. The third-order valence-corrected chi connectivity index (χ3v) is 5.75.